The molecule has 0 saturated heterocycles. The summed E-state index contributed by atoms with van der Waals surface area (Å²) in [7, 11) is -3.62. The van der Waals surface area contributed by atoms with Gasteiger partial charge in [-0.15, -0.1) is 0 Å². The maximum atomic E-state index is 13.1. The van der Waals surface area contributed by atoms with E-state index in [-0.39, 0.29) is 16.8 Å². The fourth-order valence-electron chi connectivity index (χ4n) is 3.50. The first-order valence-corrected chi connectivity index (χ1v) is 10.9. The lowest BCUT2D eigenvalue weighted by atomic mass is 10.1. The van der Waals surface area contributed by atoms with Crippen LogP contribution in [0, 0.1) is 0 Å². The number of hydrogen-bond donors (Lipinski definition) is 1. The molecule has 2 aromatic carbocycles. The van der Waals surface area contributed by atoms with Crippen molar-refractivity contribution in [3.8, 4) is 0 Å². The third kappa shape index (κ3) is 4.00. The Morgan fingerprint density at radius 2 is 1.89 bits per heavy atom. The molecule has 0 saturated carbocycles. The first kappa shape index (κ1) is 19.4. The number of fused-ring (bicyclic) bond motifs is 1. The predicted octanol–water partition coefficient (Wildman–Crippen LogP) is 3.75. The highest BCUT2D eigenvalue weighted by Gasteiger charge is 2.36. The number of amides is 1. The monoisotopic (exact) mass is 386 g/mol. The van der Waals surface area contributed by atoms with Gasteiger partial charge in [0.2, 0.25) is 0 Å². The zero-order chi connectivity index (χ0) is 19.4. The maximum absolute atomic E-state index is 13.1. The van der Waals surface area contributed by atoms with Gasteiger partial charge in [-0.3, -0.25) is 9.10 Å². The molecule has 3 rings (SSSR count). The van der Waals surface area contributed by atoms with Gasteiger partial charge in [-0.05, 0) is 55.7 Å². The molecule has 1 aliphatic heterocycles. The Balaban J connectivity index is 1.83. The molecule has 0 unspecified atom stereocenters. The number of carbonyl (C=O) groups is 1. The Morgan fingerprint density at radius 3 is 2.59 bits per heavy atom. The third-order valence-electron chi connectivity index (χ3n) is 4.86. The van der Waals surface area contributed by atoms with Crippen LogP contribution < -0.4 is 9.62 Å². The van der Waals surface area contributed by atoms with Gasteiger partial charge in [0.25, 0.3) is 15.9 Å². The minimum atomic E-state index is -3.62. The smallest absolute Gasteiger partial charge is 0.264 e. The number of hydrogen-bond acceptors (Lipinski definition) is 3. The number of unbranched alkanes of at least 4 members (excludes halogenated alkanes) is 2. The van der Waals surface area contributed by atoms with Crippen molar-refractivity contribution in [2.45, 2.75) is 50.5 Å². The Morgan fingerprint density at radius 1 is 1.15 bits per heavy atom. The largest absolute Gasteiger partial charge is 0.352 e. The minimum absolute atomic E-state index is 0.106. The first-order chi connectivity index (χ1) is 12.9. The molecule has 1 amide bonds. The highest BCUT2D eigenvalue weighted by Crippen LogP contribution is 2.37. The van der Waals surface area contributed by atoms with E-state index in [1.165, 1.54) is 4.31 Å². The van der Waals surface area contributed by atoms with E-state index in [9.17, 15) is 13.2 Å². The molecule has 0 aliphatic carbocycles. The van der Waals surface area contributed by atoms with Crippen molar-refractivity contribution < 1.29 is 13.2 Å². The summed E-state index contributed by atoms with van der Waals surface area (Å²) < 4.78 is 27.6. The van der Waals surface area contributed by atoms with Crippen LogP contribution in [0.1, 0.15) is 49.0 Å². The van der Waals surface area contributed by atoms with Crippen molar-refractivity contribution in [3.63, 3.8) is 0 Å². The fourth-order valence-corrected chi connectivity index (χ4v) is 5.21. The average Bonchev–Trinajstić information content (AvgIpc) is 3.01. The van der Waals surface area contributed by atoms with Crippen LogP contribution in [0.15, 0.2) is 53.4 Å². The highest BCUT2D eigenvalue weighted by atomic mass is 32.2. The summed E-state index contributed by atoms with van der Waals surface area (Å²) in [5.41, 5.74) is 2.13. The second-order valence-electron chi connectivity index (χ2n) is 6.97. The molecule has 0 bridgehead atoms. The summed E-state index contributed by atoms with van der Waals surface area (Å²) in [6.45, 7) is 4.68. The molecule has 1 heterocycles. The summed E-state index contributed by atoms with van der Waals surface area (Å²) in [5, 5.41) is 2.93. The number of rotatable bonds is 7. The highest BCUT2D eigenvalue weighted by molar-refractivity contribution is 7.92. The molecule has 144 valence electrons. The Hall–Kier alpha value is -2.34. The van der Waals surface area contributed by atoms with Crippen LogP contribution in [-0.2, 0) is 16.4 Å². The second-order valence-corrected chi connectivity index (χ2v) is 8.79. The predicted molar refractivity (Wildman–Crippen MR) is 108 cm³/mol. The van der Waals surface area contributed by atoms with Gasteiger partial charge in [-0.2, -0.15) is 0 Å². The molecule has 27 heavy (non-hydrogen) atoms. The van der Waals surface area contributed by atoms with E-state index in [2.05, 4.69) is 12.2 Å². The van der Waals surface area contributed by atoms with Crippen molar-refractivity contribution in [2.24, 2.45) is 0 Å². The molecule has 1 atom stereocenters. The molecule has 1 aliphatic rings. The van der Waals surface area contributed by atoms with E-state index in [0.29, 0.717) is 24.2 Å². The third-order valence-corrected chi connectivity index (χ3v) is 6.80. The van der Waals surface area contributed by atoms with Crippen LogP contribution >= 0.6 is 0 Å². The summed E-state index contributed by atoms with van der Waals surface area (Å²) in [6, 6.07) is 13.6. The van der Waals surface area contributed by atoms with E-state index in [0.717, 1.165) is 24.8 Å². The number of anilines is 1. The number of benzene rings is 2. The molecule has 0 fully saturated rings. The van der Waals surface area contributed by atoms with E-state index < -0.39 is 10.0 Å². The summed E-state index contributed by atoms with van der Waals surface area (Å²) >= 11 is 0. The van der Waals surface area contributed by atoms with Crippen molar-refractivity contribution in [1.29, 1.82) is 0 Å². The molecule has 0 spiro atoms. The Kier molecular flexibility index (Phi) is 5.85. The Labute approximate surface area is 161 Å². The minimum Gasteiger partial charge on any atom is -0.352 e. The van der Waals surface area contributed by atoms with E-state index >= 15 is 0 Å². The van der Waals surface area contributed by atoms with Gasteiger partial charge in [0.15, 0.2) is 0 Å². The van der Waals surface area contributed by atoms with Crippen molar-refractivity contribution in [1.82, 2.24) is 5.32 Å². The number of nitrogens with one attached hydrogen (secondary N) is 1. The molecule has 0 aromatic heterocycles. The van der Waals surface area contributed by atoms with Gasteiger partial charge < -0.3 is 5.32 Å². The number of sulfonamides is 1. The van der Waals surface area contributed by atoms with E-state index in [1.54, 1.807) is 42.5 Å². The van der Waals surface area contributed by atoms with Crippen LogP contribution in [0.2, 0.25) is 0 Å². The van der Waals surface area contributed by atoms with Crippen molar-refractivity contribution in [3.05, 3.63) is 59.7 Å². The van der Waals surface area contributed by atoms with Gasteiger partial charge in [0.05, 0.1) is 10.6 Å². The first-order valence-electron chi connectivity index (χ1n) is 9.45. The lowest BCUT2D eigenvalue weighted by Crippen LogP contribution is -2.35. The molecule has 0 radical (unpaired) electrons. The average molecular weight is 387 g/mol. The van der Waals surface area contributed by atoms with Gasteiger partial charge in [0.1, 0.15) is 0 Å². The molecule has 6 heteroatoms. The number of carbonyl (C=O) groups excluding carboxylic acids is 1. The van der Waals surface area contributed by atoms with Crippen LogP contribution in [0.25, 0.3) is 0 Å². The number of nitrogens with zero attached hydrogens (tertiary/aromatic N) is 1. The van der Waals surface area contributed by atoms with Crippen molar-refractivity contribution in [2.75, 3.05) is 10.8 Å². The molecular formula is C21H26N2O3S. The molecule has 2 aromatic rings. The Bertz CT molecular complexity index is 910. The standard InChI is InChI=1S/C21H26N2O3S/c1-3-4-8-13-22-21(24)17-11-12-20-18(15-17)14-16(2)23(20)27(25,26)19-9-6-5-7-10-19/h5-7,9-12,15-16H,3-4,8,13-14H2,1-2H3,(H,22,24)/t16-/m0/s1. The van der Waals surface area contributed by atoms with Crippen LogP contribution in [0.5, 0.6) is 0 Å². The lowest BCUT2D eigenvalue weighted by molar-refractivity contribution is 0.0953. The SMILES string of the molecule is CCCCCNC(=O)c1ccc2c(c1)C[C@H](C)N2S(=O)(=O)c1ccccc1. The van der Waals surface area contributed by atoms with Crippen LogP contribution in [-0.4, -0.2) is 26.9 Å². The summed E-state index contributed by atoms with van der Waals surface area (Å²) in [4.78, 5) is 12.6. The van der Waals surface area contributed by atoms with Gasteiger partial charge in [0, 0.05) is 18.2 Å². The van der Waals surface area contributed by atoms with Gasteiger partial charge in [-0.1, -0.05) is 38.0 Å². The van der Waals surface area contributed by atoms with Crippen LogP contribution in [0.4, 0.5) is 5.69 Å². The van der Waals surface area contributed by atoms with Gasteiger partial charge in [-0.25, -0.2) is 8.42 Å². The summed E-state index contributed by atoms with van der Waals surface area (Å²) in [5.74, 6) is -0.106. The van der Waals surface area contributed by atoms with Crippen molar-refractivity contribution >= 4 is 21.6 Å². The molecule has 5 nitrogen and oxygen atoms in total. The second kappa shape index (κ2) is 8.13. The normalized spacial score (nSPS) is 16.2. The maximum Gasteiger partial charge on any atom is 0.264 e. The van der Waals surface area contributed by atoms with Gasteiger partial charge >= 0.3 is 0 Å². The van der Waals surface area contributed by atoms with E-state index in [1.807, 2.05) is 13.0 Å². The van der Waals surface area contributed by atoms with Crippen LogP contribution in [0.3, 0.4) is 0 Å². The molecular weight excluding hydrogens is 360 g/mol. The quantitative estimate of drug-likeness (QED) is 0.737. The zero-order valence-electron chi connectivity index (χ0n) is 15.8. The fraction of sp³-hybridized carbons (Fsp3) is 0.381. The molecule has 1 N–H and O–H groups in total. The van der Waals surface area contributed by atoms with E-state index in [4.69, 9.17) is 0 Å². The lowest BCUT2D eigenvalue weighted by Gasteiger charge is -2.24. The zero-order valence-corrected chi connectivity index (χ0v) is 16.6. The summed E-state index contributed by atoms with van der Waals surface area (Å²) in [6.07, 6.45) is 3.76. The topological polar surface area (TPSA) is 66.5 Å².